The maximum absolute atomic E-state index is 12.4. The number of ether oxygens (including phenoxy) is 3. The zero-order valence-electron chi connectivity index (χ0n) is 14.4. The van der Waals surface area contributed by atoms with Gasteiger partial charge in [0, 0.05) is 12.1 Å². The van der Waals surface area contributed by atoms with Crippen molar-refractivity contribution >= 4 is 23.6 Å². The molecule has 0 radical (unpaired) electrons. The first kappa shape index (κ1) is 18.0. The second-order valence-corrected chi connectivity index (χ2v) is 5.48. The van der Waals surface area contributed by atoms with Crippen molar-refractivity contribution in [3.63, 3.8) is 0 Å². The van der Waals surface area contributed by atoms with Crippen LogP contribution in [0, 0.1) is 0 Å². The van der Waals surface area contributed by atoms with Gasteiger partial charge in [0.05, 0.1) is 31.0 Å². The number of benzene rings is 1. The molecule has 0 bridgehead atoms. The molecule has 2 heterocycles. The summed E-state index contributed by atoms with van der Waals surface area (Å²) in [6.45, 7) is -0.324. The van der Waals surface area contributed by atoms with Crippen LogP contribution in [0.25, 0.3) is 5.69 Å². The molecule has 27 heavy (non-hydrogen) atoms. The molecule has 0 unspecified atom stereocenters. The number of aromatic nitrogens is 1. The molecule has 10 nitrogen and oxygen atoms in total. The largest absolute Gasteiger partial charge is 0.493 e. The number of carbonyl (C=O) groups is 3. The van der Waals surface area contributed by atoms with Crippen molar-refractivity contribution in [1.82, 2.24) is 9.88 Å². The molecule has 140 valence electrons. The molecule has 0 atom stereocenters. The molecule has 1 aromatic carbocycles. The van der Waals surface area contributed by atoms with Crippen LogP contribution in [0.5, 0.6) is 11.5 Å². The van der Waals surface area contributed by atoms with Crippen molar-refractivity contribution in [2.24, 2.45) is 0 Å². The Morgan fingerprint density at radius 2 is 1.85 bits per heavy atom. The van der Waals surface area contributed by atoms with Gasteiger partial charge in [-0.1, -0.05) is 0 Å². The van der Waals surface area contributed by atoms with Gasteiger partial charge < -0.3 is 19.9 Å². The summed E-state index contributed by atoms with van der Waals surface area (Å²) in [5.41, 5.74) is 5.54. The Kier molecular flexibility index (Phi) is 4.55. The highest BCUT2D eigenvalue weighted by Crippen LogP contribution is 2.31. The highest BCUT2D eigenvalue weighted by molar-refractivity contribution is 6.23. The SMILES string of the molecule is COC(=O)COc1ccc(-n2c(N)c3c(cc2=O)C(=O)NC3=O)cc1OC. The van der Waals surface area contributed by atoms with E-state index in [4.69, 9.17) is 15.2 Å². The minimum absolute atomic E-state index is 0.0652. The number of rotatable bonds is 5. The third kappa shape index (κ3) is 3.08. The number of pyridine rings is 1. The van der Waals surface area contributed by atoms with E-state index in [1.165, 1.54) is 32.4 Å². The number of imide groups is 1. The molecule has 0 fully saturated rings. The molecule has 0 saturated carbocycles. The number of methoxy groups -OCH3 is 2. The normalized spacial score (nSPS) is 12.4. The highest BCUT2D eigenvalue weighted by Gasteiger charge is 2.32. The fourth-order valence-corrected chi connectivity index (χ4v) is 2.66. The van der Waals surface area contributed by atoms with Crippen LogP contribution in [0.4, 0.5) is 5.82 Å². The molecule has 0 saturated heterocycles. The summed E-state index contributed by atoms with van der Waals surface area (Å²) < 4.78 is 16.1. The van der Waals surface area contributed by atoms with Gasteiger partial charge in [-0.3, -0.25) is 24.3 Å². The number of esters is 1. The van der Waals surface area contributed by atoms with Crippen LogP contribution < -0.4 is 26.1 Å². The Morgan fingerprint density at radius 3 is 2.52 bits per heavy atom. The first-order valence-electron chi connectivity index (χ1n) is 7.66. The predicted molar refractivity (Wildman–Crippen MR) is 92.3 cm³/mol. The van der Waals surface area contributed by atoms with E-state index in [9.17, 15) is 19.2 Å². The van der Waals surface area contributed by atoms with Crippen LogP contribution >= 0.6 is 0 Å². The zero-order chi connectivity index (χ0) is 19.7. The Hall–Kier alpha value is -3.82. The number of carbonyl (C=O) groups excluding carboxylic acids is 3. The van der Waals surface area contributed by atoms with E-state index in [0.717, 1.165) is 10.6 Å². The molecule has 2 amide bonds. The maximum Gasteiger partial charge on any atom is 0.343 e. The Balaban J connectivity index is 2.06. The predicted octanol–water partition coefficient (Wildman–Crippen LogP) is -0.136. The number of nitrogens with two attached hydrogens (primary N) is 1. The summed E-state index contributed by atoms with van der Waals surface area (Å²) in [6.07, 6.45) is 0. The van der Waals surface area contributed by atoms with Crippen molar-refractivity contribution in [2.45, 2.75) is 0 Å². The summed E-state index contributed by atoms with van der Waals surface area (Å²) in [6, 6.07) is 5.46. The van der Waals surface area contributed by atoms with Crippen molar-refractivity contribution < 1.29 is 28.6 Å². The van der Waals surface area contributed by atoms with Gasteiger partial charge in [-0.2, -0.15) is 0 Å². The quantitative estimate of drug-likeness (QED) is 0.545. The van der Waals surface area contributed by atoms with Crippen LogP contribution in [0.1, 0.15) is 20.7 Å². The van der Waals surface area contributed by atoms with E-state index in [-0.39, 0.29) is 40.7 Å². The summed E-state index contributed by atoms with van der Waals surface area (Å²) in [4.78, 5) is 47.3. The topological polar surface area (TPSA) is 139 Å². The third-order valence-electron chi connectivity index (χ3n) is 3.93. The minimum atomic E-state index is -0.675. The number of nitrogens with zero attached hydrogens (tertiary/aromatic N) is 1. The van der Waals surface area contributed by atoms with Crippen LogP contribution in [0.2, 0.25) is 0 Å². The summed E-state index contributed by atoms with van der Waals surface area (Å²) in [5.74, 6) is -1.63. The van der Waals surface area contributed by atoms with E-state index in [0.29, 0.717) is 0 Å². The second-order valence-electron chi connectivity index (χ2n) is 5.48. The van der Waals surface area contributed by atoms with Gasteiger partial charge in [0.2, 0.25) is 0 Å². The zero-order valence-corrected chi connectivity index (χ0v) is 14.4. The molecule has 0 spiro atoms. The fourth-order valence-electron chi connectivity index (χ4n) is 2.66. The number of fused-ring (bicyclic) bond motifs is 1. The van der Waals surface area contributed by atoms with Gasteiger partial charge in [0.25, 0.3) is 17.4 Å². The number of nitrogen functional groups attached to an aromatic ring is 1. The van der Waals surface area contributed by atoms with Gasteiger partial charge in [-0.25, -0.2) is 4.79 Å². The van der Waals surface area contributed by atoms with Gasteiger partial charge in [0.15, 0.2) is 18.1 Å². The molecule has 3 rings (SSSR count). The molecular formula is C17H15N3O7. The third-order valence-corrected chi connectivity index (χ3v) is 3.93. The lowest BCUT2D eigenvalue weighted by molar-refractivity contribution is -0.142. The average Bonchev–Trinajstić information content (AvgIpc) is 2.93. The van der Waals surface area contributed by atoms with E-state index < -0.39 is 23.3 Å². The molecule has 0 aliphatic carbocycles. The first-order valence-corrected chi connectivity index (χ1v) is 7.66. The van der Waals surface area contributed by atoms with E-state index in [1.54, 1.807) is 0 Å². The fraction of sp³-hybridized carbons (Fsp3) is 0.176. The van der Waals surface area contributed by atoms with E-state index >= 15 is 0 Å². The van der Waals surface area contributed by atoms with Crippen LogP contribution in [0.3, 0.4) is 0 Å². The molecule has 3 N–H and O–H groups in total. The monoisotopic (exact) mass is 373 g/mol. The van der Waals surface area contributed by atoms with E-state index in [1.807, 2.05) is 0 Å². The van der Waals surface area contributed by atoms with Gasteiger partial charge in [-0.05, 0) is 12.1 Å². The van der Waals surface area contributed by atoms with Crippen molar-refractivity contribution in [1.29, 1.82) is 0 Å². The van der Waals surface area contributed by atoms with Crippen LogP contribution in [-0.2, 0) is 9.53 Å². The molecule has 1 aliphatic rings. The summed E-state index contributed by atoms with van der Waals surface area (Å²) in [5, 5.41) is 2.09. The van der Waals surface area contributed by atoms with Crippen molar-refractivity contribution in [2.75, 3.05) is 26.6 Å². The molecule has 1 aliphatic heterocycles. The number of anilines is 1. The second kappa shape index (κ2) is 6.83. The maximum atomic E-state index is 12.4. The summed E-state index contributed by atoms with van der Waals surface area (Å²) >= 11 is 0. The van der Waals surface area contributed by atoms with Crippen LogP contribution in [0.15, 0.2) is 29.1 Å². The minimum Gasteiger partial charge on any atom is -0.493 e. The van der Waals surface area contributed by atoms with Crippen molar-refractivity contribution in [3.8, 4) is 17.2 Å². The number of hydrogen-bond donors (Lipinski definition) is 2. The van der Waals surface area contributed by atoms with Crippen molar-refractivity contribution in [3.05, 3.63) is 45.7 Å². The van der Waals surface area contributed by atoms with Crippen LogP contribution in [-0.4, -0.2) is 43.2 Å². The molecule has 2 aromatic rings. The Morgan fingerprint density at radius 1 is 1.11 bits per heavy atom. The highest BCUT2D eigenvalue weighted by atomic mass is 16.6. The number of nitrogens with one attached hydrogen (secondary N) is 1. The first-order chi connectivity index (χ1) is 12.9. The standard InChI is InChI=1S/C17H15N3O7/c1-25-11-5-8(3-4-10(11)27-7-13(22)26-2)20-12(21)6-9-14(15(20)18)17(24)19-16(9)23/h3-6H,7,18H2,1-2H3,(H,19,23,24). The van der Waals surface area contributed by atoms with Gasteiger partial charge in [0.1, 0.15) is 5.82 Å². The lowest BCUT2D eigenvalue weighted by atomic mass is 10.1. The van der Waals surface area contributed by atoms with Gasteiger partial charge >= 0.3 is 5.97 Å². The number of amides is 2. The summed E-state index contributed by atoms with van der Waals surface area (Å²) in [7, 11) is 2.61. The lowest BCUT2D eigenvalue weighted by Gasteiger charge is -2.15. The van der Waals surface area contributed by atoms with E-state index in [2.05, 4.69) is 10.1 Å². The molecule has 1 aromatic heterocycles. The Bertz CT molecular complexity index is 1030. The Labute approximate surface area is 152 Å². The average molecular weight is 373 g/mol. The smallest absolute Gasteiger partial charge is 0.343 e. The lowest BCUT2D eigenvalue weighted by Crippen LogP contribution is -2.24. The molecular weight excluding hydrogens is 358 g/mol. The van der Waals surface area contributed by atoms with Gasteiger partial charge in [-0.15, -0.1) is 0 Å². The number of hydrogen-bond acceptors (Lipinski definition) is 8. The molecule has 10 heteroatoms.